The van der Waals surface area contributed by atoms with Crippen LogP contribution >= 0.6 is 0 Å². The average Bonchev–Trinajstić information content (AvgIpc) is 3.20. The molecule has 1 aliphatic heterocycles. The lowest BCUT2D eigenvalue weighted by atomic mass is 10.1. The van der Waals surface area contributed by atoms with Gasteiger partial charge in [-0.25, -0.2) is 8.42 Å². The quantitative estimate of drug-likeness (QED) is 0.755. The molecule has 1 amide bonds. The average molecular weight is 416 g/mol. The first-order chi connectivity index (χ1) is 13.8. The molecule has 6 nitrogen and oxygen atoms in total. The maximum absolute atomic E-state index is 13.1. The molecule has 2 unspecified atom stereocenters. The fourth-order valence-electron chi connectivity index (χ4n) is 3.72. The van der Waals surface area contributed by atoms with Crippen molar-refractivity contribution in [3.05, 3.63) is 65.7 Å². The van der Waals surface area contributed by atoms with Crippen LogP contribution in [0.5, 0.6) is 0 Å². The summed E-state index contributed by atoms with van der Waals surface area (Å²) < 4.78 is 27.5. The van der Waals surface area contributed by atoms with Crippen LogP contribution in [0.1, 0.15) is 30.0 Å². The van der Waals surface area contributed by atoms with Crippen molar-refractivity contribution in [3.8, 4) is 0 Å². The second-order valence-electron chi connectivity index (χ2n) is 7.72. The fourth-order valence-corrected chi connectivity index (χ4v) is 5.38. The van der Waals surface area contributed by atoms with E-state index >= 15 is 0 Å². The van der Waals surface area contributed by atoms with Crippen molar-refractivity contribution in [2.75, 3.05) is 27.2 Å². The number of hydrogen-bond acceptors (Lipinski definition) is 4. The van der Waals surface area contributed by atoms with Crippen LogP contribution in [0.3, 0.4) is 0 Å². The lowest BCUT2D eigenvalue weighted by Crippen LogP contribution is -2.47. The molecule has 2 aromatic carbocycles. The van der Waals surface area contributed by atoms with Gasteiger partial charge in [0.25, 0.3) is 0 Å². The first kappa shape index (κ1) is 21.5. The fraction of sp³-hybridized carbons (Fsp3) is 0.409. The summed E-state index contributed by atoms with van der Waals surface area (Å²) >= 11 is 0. The molecule has 2 atom stereocenters. The molecule has 0 bridgehead atoms. The van der Waals surface area contributed by atoms with Crippen molar-refractivity contribution in [2.45, 2.75) is 36.7 Å². The lowest BCUT2D eigenvalue weighted by molar-refractivity contribution is -0.124. The summed E-state index contributed by atoms with van der Waals surface area (Å²) in [5.74, 6) is -0.235. The summed E-state index contributed by atoms with van der Waals surface area (Å²) in [5, 5.41) is 2.98. The molecule has 29 heavy (non-hydrogen) atoms. The van der Waals surface area contributed by atoms with Crippen molar-refractivity contribution in [1.29, 1.82) is 0 Å². The molecule has 0 aliphatic carbocycles. The number of rotatable bonds is 7. The van der Waals surface area contributed by atoms with Gasteiger partial charge in [0.05, 0.1) is 10.9 Å². The number of likely N-dealkylation sites (N-methyl/N-ethyl adjacent to an activating group) is 1. The Morgan fingerprint density at radius 2 is 1.79 bits per heavy atom. The highest BCUT2D eigenvalue weighted by Crippen LogP contribution is 2.27. The van der Waals surface area contributed by atoms with E-state index in [4.69, 9.17) is 0 Å². The number of nitrogens with one attached hydrogen (secondary N) is 1. The van der Waals surface area contributed by atoms with E-state index in [2.05, 4.69) is 5.32 Å². The maximum Gasteiger partial charge on any atom is 0.243 e. The number of amides is 1. The van der Waals surface area contributed by atoms with Gasteiger partial charge in [0.15, 0.2) is 0 Å². The van der Waals surface area contributed by atoms with Crippen LogP contribution in [0, 0.1) is 6.92 Å². The topological polar surface area (TPSA) is 69.7 Å². The molecule has 1 N–H and O–H groups in total. The zero-order chi connectivity index (χ0) is 21.0. The van der Waals surface area contributed by atoms with E-state index in [0.717, 1.165) is 11.1 Å². The number of nitrogens with zero attached hydrogens (tertiary/aromatic N) is 2. The van der Waals surface area contributed by atoms with Gasteiger partial charge in [0, 0.05) is 13.1 Å². The third kappa shape index (κ3) is 4.86. The molecule has 0 radical (unpaired) electrons. The highest BCUT2D eigenvalue weighted by atomic mass is 32.2. The maximum atomic E-state index is 13.1. The number of benzene rings is 2. The van der Waals surface area contributed by atoms with Gasteiger partial charge in [-0.3, -0.25) is 4.79 Å². The Kier molecular flexibility index (Phi) is 6.72. The van der Waals surface area contributed by atoms with E-state index in [1.165, 1.54) is 4.31 Å². The molecule has 1 saturated heterocycles. The minimum atomic E-state index is -3.69. The minimum Gasteiger partial charge on any atom is -0.353 e. The summed E-state index contributed by atoms with van der Waals surface area (Å²) in [7, 11) is 0.237. The van der Waals surface area contributed by atoms with Crippen molar-refractivity contribution < 1.29 is 13.2 Å². The van der Waals surface area contributed by atoms with Gasteiger partial charge >= 0.3 is 0 Å². The third-order valence-electron chi connectivity index (χ3n) is 5.41. The van der Waals surface area contributed by atoms with Crippen LogP contribution in [0.2, 0.25) is 0 Å². The molecule has 1 heterocycles. The smallest absolute Gasteiger partial charge is 0.243 e. The Morgan fingerprint density at radius 3 is 2.41 bits per heavy atom. The molecule has 1 aliphatic rings. The standard InChI is InChI=1S/C22H29N3O3S/c1-17-11-13-19(14-12-17)29(27,28)25-15-7-10-20(25)22(26)23-16-21(24(2)3)18-8-5-4-6-9-18/h4-6,8-9,11-14,20-21H,7,10,15-16H2,1-3H3,(H,23,26). The van der Waals surface area contributed by atoms with Crippen LogP contribution in [0.4, 0.5) is 0 Å². The monoisotopic (exact) mass is 415 g/mol. The number of carbonyl (C=O) groups is 1. The van der Waals surface area contributed by atoms with E-state index < -0.39 is 16.1 Å². The minimum absolute atomic E-state index is 0.0173. The van der Waals surface area contributed by atoms with Crippen LogP contribution < -0.4 is 5.32 Å². The molecule has 1 fully saturated rings. The number of aryl methyl sites for hydroxylation is 1. The van der Waals surface area contributed by atoms with Gasteiger partial charge in [-0.05, 0) is 51.6 Å². The molecular weight excluding hydrogens is 386 g/mol. The van der Waals surface area contributed by atoms with E-state index in [9.17, 15) is 13.2 Å². The van der Waals surface area contributed by atoms with Crippen molar-refractivity contribution >= 4 is 15.9 Å². The lowest BCUT2D eigenvalue weighted by Gasteiger charge is -2.27. The molecule has 2 aromatic rings. The van der Waals surface area contributed by atoms with Gasteiger partial charge in [-0.2, -0.15) is 4.31 Å². The van der Waals surface area contributed by atoms with Gasteiger partial charge < -0.3 is 10.2 Å². The second kappa shape index (κ2) is 9.07. The Hall–Kier alpha value is -2.22. The summed E-state index contributed by atoms with van der Waals surface area (Å²) in [6.45, 7) is 2.70. The number of sulfonamides is 1. The van der Waals surface area contributed by atoms with Crippen molar-refractivity contribution in [2.24, 2.45) is 0 Å². The van der Waals surface area contributed by atoms with Crippen LogP contribution in [-0.4, -0.2) is 56.8 Å². The SMILES string of the molecule is Cc1ccc(S(=O)(=O)N2CCCC2C(=O)NCC(c2ccccc2)N(C)C)cc1. The van der Waals surface area contributed by atoms with Gasteiger partial charge in [0.1, 0.15) is 6.04 Å². The Morgan fingerprint density at radius 1 is 1.14 bits per heavy atom. The molecular formula is C22H29N3O3S. The van der Waals surface area contributed by atoms with E-state index in [0.29, 0.717) is 25.9 Å². The number of hydrogen-bond donors (Lipinski definition) is 1. The summed E-state index contributed by atoms with van der Waals surface area (Å²) in [5.41, 5.74) is 2.10. The van der Waals surface area contributed by atoms with Crippen LogP contribution in [-0.2, 0) is 14.8 Å². The van der Waals surface area contributed by atoms with Crippen molar-refractivity contribution in [3.63, 3.8) is 0 Å². The number of carbonyl (C=O) groups excluding carboxylic acids is 1. The van der Waals surface area contributed by atoms with E-state index in [-0.39, 0.29) is 16.8 Å². The van der Waals surface area contributed by atoms with E-state index in [1.54, 1.807) is 24.3 Å². The zero-order valence-corrected chi connectivity index (χ0v) is 18.0. The normalized spacial score (nSPS) is 18.7. The Labute approximate surface area is 173 Å². The molecule has 3 rings (SSSR count). The Bertz CT molecular complexity index is 928. The zero-order valence-electron chi connectivity index (χ0n) is 17.2. The first-order valence-corrected chi connectivity index (χ1v) is 11.3. The molecule has 0 spiro atoms. The molecule has 7 heteroatoms. The molecule has 0 saturated carbocycles. The van der Waals surface area contributed by atoms with Gasteiger partial charge in [-0.1, -0.05) is 48.0 Å². The third-order valence-corrected chi connectivity index (χ3v) is 7.33. The van der Waals surface area contributed by atoms with Gasteiger partial charge in [0.2, 0.25) is 15.9 Å². The van der Waals surface area contributed by atoms with Crippen LogP contribution in [0.25, 0.3) is 0 Å². The summed E-state index contributed by atoms with van der Waals surface area (Å²) in [6.07, 6.45) is 1.22. The summed E-state index contributed by atoms with van der Waals surface area (Å²) in [4.78, 5) is 15.2. The predicted molar refractivity (Wildman–Crippen MR) is 114 cm³/mol. The van der Waals surface area contributed by atoms with Crippen LogP contribution in [0.15, 0.2) is 59.5 Å². The van der Waals surface area contributed by atoms with Gasteiger partial charge in [-0.15, -0.1) is 0 Å². The summed E-state index contributed by atoms with van der Waals surface area (Å²) in [6, 6.07) is 16.1. The highest BCUT2D eigenvalue weighted by molar-refractivity contribution is 7.89. The molecule has 156 valence electrons. The Balaban J connectivity index is 1.72. The highest BCUT2D eigenvalue weighted by Gasteiger charge is 2.39. The molecule has 0 aromatic heterocycles. The largest absolute Gasteiger partial charge is 0.353 e. The van der Waals surface area contributed by atoms with Crippen molar-refractivity contribution in [1.82, 2.24) is 14.5 Å². The van der Waals surface area contributed by atoms with E-state index in [1.807, 2.05) is 56.3 Å². The second-order valence-corrected chi connectivity index (χ2v) is 9.61. The predicted octanol–water partition coefficient (Wildman–Crippen LogP) is 2.57. The first-order valence-electron chi connectivity index (χ1n) is 9.88.